The molecule has 0 aromatic heterocycles. The zero-order valence-electron chi connectivity index (χ0n) is 37.8. The van der Waals surface area contributed by atoms with Crippen molar-refractivity contribution in [3.8, 4) is 17.2 Å². The van der Waals surface area contributed by atoms with Gasteiger partial charge in [-0.3, -0.25) is 4.79 Å². The van der Waals surface area contributed by atoms with Crippen LogP contribution in [0.5, 0.6) is 17.2 Å². The standard InChI is InChI=1S/C17H16Cl2I2O2.C7H6ClIO.C3H6Br2.CH2O3.2K.H14P12.H13P11.H/c1-10-6-12(18)8-14(20)16(10)22-4-3-5-23-17-11(2)7-13(19)9-15(17)21;1-4-2-5(8)3-6(9)7(4)10;4-2-1-3-5;2-1-4-3;;;1-8(2)11(7)12(9(3)4)10(5)6;1-7-10(6)11(8(2)3)9(4)5;/h6-9H,3-5H2,1-2H3;2-3,10H,1H3;1-3H2;1,3H;;;1-7H2;7H,1-6H2;/q;;;;2*+1;;;-1/p-1. The minimum Gasteiger partial charge on any atom is -1.00 e. The molecule has 0 heterocycles. The van der Waals surface area contributed by atoms with Crippen molar-refractivity contribution in [2.45, 2.75) is 33.6 Å². The van der Waals surface area contributed by atoms with Crippen LogP contribution in [-0.2, 0) is 9.68 Å². The van der Waals surface area contributed by atoms with Crippen LogP contribution in [-0.4, -0.2) is 35.5 Å². The molecule has 0 aliphatic carbocycles. The molecule has 0 amide bonds. The Balaban J connectivity index is -0.000000184. The van der Waals surface area contributed by atoms with Gasteiger partial charge < -0.3 is 26.2 Å². The third-order valence-corrected chi connectivity index (χ3v) is 136. The van der Waals surface area contributed by atoms with Crippen molar-refractivity contribution >= 4 is 328 Å². The molecule has 0 aliphatic rings. The fourth-order valence-electron chi connectivity index (χ4n) is 3.71. The number of phenols is 1. The summed E-state index contributed by atoms with van der Waals surface area (Å²) in [4.78, 5) is 11.2. The summed E-state index contributed by atoms with van der Waals surface area (Å²) in [5, 5.41) is 22.0. The molecule has 378 valence electrons. The van der Waals surface area contributed by atoms with Crippen molar-refractivity contribution in [1.29, 1.82) is 0 Å². The van der Waals surface area contributed by atoms with Crippen molar-refractivity contribution in [3.63, 3.8) is 0 Å². The first-order valence-electron chi connectivity index (χ1n) is 17.0. The summed E-state index contributed by atoms with van der Waals surface area (Å²) in [7, 11) is 39.9. The van der Waals surface area contributed by atoms with Gasteiger partial charge in [0.15, 0.2) is 0 Å². The molecule has 0 bridgehead atoms. The molecular weight excluding hydrogens is 1870 g/mol. The number of aromatic hydroxyl groups is 1. The van der Waals surface area contributed by atoms with E-state index in [9.17, 15) is 5.11 Å². The van der Waals surface area contributed by atoms with E-state index in [1.807, 2.05) is 67.6 Å². The van der Waals surface area contributed by atoms with Gasteiger partial charge in [-0.2, -0.15) is 0 Å². The normalized spacial score (nSPS) is 11.5. The number of benzene rings is 3. The molecule has 0 saturated heterocycles. The Morgan fingerprint density at radius 1 is 0.642 bits per heavy atom. The third kappa shape index (κ3) is 45.6. The number of alkyl halides is 2. The summed E-state index contributed by atoms with van der Waals surface area (Å²) < 4.78 is 14.6. The molecule has 0 spiro atoms. The Bertz CT molecular complexity index is 1640. The quantitative estimate of drug-likeness (QED) is 0.0212. The zero-order valence-corrected chi connectivity index (χ0v) is 79.0. The van der Waals surface area contributed by atoms with E-state index >= 15 is 0 Å². The van der Waals surface area contributed by atoms with E-state index in [2.05, 4.69) is 198 Å². The average molecular weight is 1930 g/mol. The summed E-state index contributed by atoms with van der Waals surface area (Å²) in [6.07, 6.45) is 2.02. The average Bonchev–Trinajstić information content (AvgIpc) is 3.19. The molecule has 0 aliphatic heterocycles. The number of ether oxygens (including phenoxy) is 2. The first kappa shape index (κ1) is 89.4. The largest absolute Gasteiger partial charge is 1.00 e. The third-order valence-electron chi connectivity index (χ3n) is 6.27. The minimum atomic E-state index is -0.181. The predicted molar refractivity (Wildman–Crippen MR) is 401 cm³/mol. The van der Waals surface area contributed by atoms with Crippen LogP contribution in [0.2, 0.25) is 15.1 Å². The van der Waals surface area contributed by atoms with E-state index in [-0.39, 0.29) is 174 Å². The van der Waals surface area contributed by atoms with Gasteiger partial charge in [0.05, 0.1) is 23.9 Å². The molecule has 0 radical (unpaired) electrons. The van der Waals surface area contributed by atoms with Crippen LogP contribution in [0, 0.1) is 31.5 Å². The fraction of sp³-hybridized carbons (Fsp3) is 0.321. The fourth-order valence-corrected chi connectivity index (χ4v) is 207. The van der Waals surface area contributed by atoms with Crippen LogP contribution in [0.15, 0.2) is 36.4 Å². The number of halogens is 8. The maximum atomic E-state index is 9.26. The molecule has 67 heavy (non-hydrogen) atoms. The number of rotatable bonds is 17. The summed E-state index contributed by atoms with van der Waals surface area (Å²) in [5.74, 6) is 2.12. The maximum absolute atomic E-state index is 9.26. The molecule has 0 fully saturated rings. The monoisotopic (exact) mass is 1920 g/mol. The molecule has 16 unspecified atom stereocenters. The SMILES string of the molecule is BrCCCBr.Cc1cc(Cl)cc(I)c1O.Cc1cc(Cl)cc(I)c1OCCCOc1c(C)cc(Cl)cc1I.O=CO[O-].PP(P)P(P)P(P(P)P)P(P)P.PPP(P)P(P(P)P)P(P)P.[H-].[K+].[K+]. The number of aryl methyl sites for hydroxylation is 3. The molecule has 3 rings (SSSR count). The number of carbonyl (C=O) groups is 1. The van der Waals surface area contributed by atoms with Crippen molar-refractivity contribution in [1.82, 2.24) is 0 Å². The van der Waals surface area contributed by atoms with Crippen LogP contribution < -0.4 is 118 Å². The molecule has 1 N–H and O–H groups in total. The van der Waals surface area contributed by atoms with Crippen LogP contribution in [0.4, 0.5) is 0 Å². The van der Waals surface area contributed by atoms with E-state index in [4.69, 9.17) is 54.3 Å². The van der Waals surface area contributed by atoms with Gasteiger partial charge in [-0.15, -0.1) is 116 Å². The second kappa shape index (κ2) is 56.2. The summed E-state index contributed by atoms with van der Waals surface area (Å²) in [5.41, 5.74) is 2.91. The van der Waals surface area contributed by atoms with Gasteiger partial charge in [-0.25, -0.2) is 0 Å². The molecule has 39 heteroatoms. The Hall–Kier alpha value is 13.7. The summed E-state index contributed by atoms with van der Waals surface area (Å²) in [6, 6.07) is 11.1. The van der Waals surface area contributed by atoms with Gasteiger partial charge in [0.25, 0.3) is 6.47 Å². The first-order valence-corrected chi connectivity index (χ1v) is 63.7. The summed E-state index contributed by atoms with van der Waals surface area (Å²) >= 11 is 30.8. The van der Waals surface area contributed by atoms with Gasteiger partial charge in [0, 0.05) is 32.1 Å². The van der Waals surface area contributed by atoms with E-state index in [0.717, 1.165) is 74.0 Å². The Morgan fingerprint density at radius 3 is 1.18 bits per heavy atom. The van der Waals surface area contributed by atoms with Gasteiger partial charge >= 0.3 is 103 Å². The first-order chi connectivity index (χ1) is 30.2. The van der Waals surface area contributed by atoms with E-state index < -0.39 is 0 Å². The van der Waals surface area contributed by atoms with Gasteiger partial charge in [0.1, 0.15) is 17.2 Å². The van der Waals surface area contributed by atoms with Gasteiger partial charge in [-0.1, -0.05) is 74.6 Å². The molecule has 3 aromatic carbocycles. The van der Waals surface area contributed by atoms with Crippen molar-refractivity contribution in [3.05, 3.63) is 78.9 Å². The molecular formula is C28H57Br2Cl3I3K2O6P23. The topological polar surface area (TPSA) is 88.0 Å². The predicted octanol–water partition coefficient (Wildman–Crippen LogP) is 16.9. The van der Waals surface area contributed by atoms with Crippen molar-refractivity contribution in [2.24, 2.45) is 0 Å². The number of hydrogen-bond donors (Lipinski definition) is 1. The van der Waals surface area contributed by atoms with Crippen LogP contribution in [0.25, 0.3) is 0 Å². The van der Waals surface area contributed by atoms with E-state index in [0.29, 0.717) is 24.0 Å². The molecule has 3 aromatic rings. The number of carbonyl (C=O) groups excluding carboxylic acids is 1. The number of hydrogen-bond acceptors (Lipinski definition) is 6. The number of phenolic OH excluding ortho intramolecular Hbond substituents is 1. The Labute approximate surface area is 603 Å². The molecule has 16 atom stereocenters. The second-order valence-electron chi connectivity index (χ2n) is 11.3. The second-order valence-corrected chi connectivity index (χ2v) is 102. The van der Waals surface area contributed by atoms with Crippen molar-refractivity contribution < 1.29 is 134 Å². The minimum absolute atomic E-state index is 0. The van der Waals surface area contributed by atoms with E-state index in [1.165, 1.54) is 6.42 Å². The van der Waals surface area contributed by atoms with Gasteiger partial charge in [0.2, 0.25) is 0 Å². The molecule has 0 saturated carbocycles. The Kier molecular flexibility index (Phi) is 75.0. The van der Waals surface area contributed by atoms with Crippen molar-refractivity contribution in [2.75, 3.05) is 23.9 Å². The summed E-state index contributed by atoms with van der Waals surface area (Å²) in [6.45, 7) is 8.30. The maximum Gasteiger partial charge on any atom is 1.00 e. The molecule has 6 nitrogen and oxygen atoms in total. The van der Waals surface area contributed by atoms with Crippen LogP contribution in [0.1, 0.15) is 31.0 Å². The van der Waals surface area contributed by atoms with Crippen LogP contribution in [0.3, 0.4) is 0 Å². The van der Waals surface area contributed by atoms with E-state index in [1.54, 1.807) is 12.1 Å². The van der Waals surface area contributed by atoms with Gasteiger partial charge in [-0.05, 0) is 211 Å². The van der Waals surface area contributed by atoms with Crippen LogP contribution >= 0.6 is 321 Å². The Morgan fingerprint density at radius 2 is 0.970 bits per heavy atom. The smallest absolute Gasteiger partial charge is 1.00 e. The zero-order chi connectivity index (χ0) is 51.1.